The molecule has 0 unspecified atom stereocenters. The Hall–Kier alpha value is -5.66. The summed E-state index contributed by atoms with van der Waals surface area (Å²) >= 11 is 0. The maximum absolute atomic E-state index is 2.34. The van der Waals surface area contributed by atoms with E-state index in [1.807, 2.05) is 0 Å². The van der Waals surface area contributed by atoms with E-state index in [0.29, 0.717) is 0 Å². The van der Waals surface area contributed by atoms with Gasteiger partial charge in [-0.25, -0.2) is 0 Å². The van der Waals surface area contributed by atoms with Gasteiger partial charge in [-0.1, -0.05) is 133 Å². The molecule has 1 nitrogen and oxygen atoms in total. The molecule has 0 spiro atoms. The van der Waals surface area contributed by atoms with Crippen LogP contribution < -0.4 is 4.90 Å². The smallest absolute Gasteiger partial charge is 0.0462 e. The van der Waals surface area contributed by atoms with Crippen molar-refractivity contribution < 1.29 is 0 Å². The lowest BCUT2D eigenvalue weighted by molar-refractivity contribution is 1.26. The van der Waals surface area contributed by atoms with Crippen LogP contribution >= 0.6 is 0 Å². The van der Waals surface area contributed by atoms with Crippen molar-refractivity contribution in [1.29, 1.82) is 0 Å². The highest BCUT2D eigenvalue weighted by Gasteiger charge is 2.21. The molecular weight excluding hydrogens is 542 g/mol. The molecule has 8 rings (SSSR count). The van der Waals surface area contributed by atoms with Gasteiger partial charge in [-0.2, -0.15) is 0 Å². The molecule has 0 saturated carbocycles. The summed E-state index contributed by atoms with van der Waals surface area (Å²) < 4.78 is 0. The molecule has 0 radical (unpaired) electrons. The predicted octanol–water partition coefficient (Wildman–Crippen LogP) is 12.0. The summed E-state index contributed by atoms with van der Waals surface area (Å²) in [5.41, 5.74) is 17.7. The summed E-state index contributed by atoms with van der Waals surface area (Å²) in [4.78, 5) is 2.33. The lowest BCUT2D eigenvalue weighted by Gasteiger charge is -2.26. The van der Waals surface area contributed by atoms with Crippen LogP contribution in [0.3, 0.4) is 0 Å². The fourth-order valence-corrected chi connectivity index (χ4v) is 6.67. The van der Waals surface area contributed by atoms with Crippen LogP contribution in [0.2, 0.25) is 0 Å². The van der Waals surface area contributed by atoms with Crippen LogP contribution in [0.5, 0.6) is 0 Å². The summed E-state index contributed by atoms with van der Waals surface area (Å²) in [6.07, 6.45) is 0.988. The van der Waals surface area contributed by atoms with Gasteiger partial charge in [0.05, 0.1) is 0 Å². The molecule has 45 heavy (non-hydrogen) atoms. The van der Waals surface area contributed by atoms with E-state index < -0.39 is 0 Å². The zero-order valence-corrected chi connectivity index (χ0v) is 25.3. The quantitative estimate of drug-likeness (QED) is 0.191. The molecule has 0 saturated heterocycles. The lowest BCUT2D eigenvalue weighted by atomic mass is 9.93. The minimum Gasteiger partial charge on any atom is -0.311 e. The first-order valence-electron chi connectivity index (χ1n) is 15.6. The number of hydrogen-bond donors (Lipinski definition) is 0. The van der Waals surface area contributed by atoms with Gasteiger partial charge in [0, 0.05) is 17.1 Å². The van der Waals surface area contributed by atoms with Crippen LogP contribution in [-0.2, 0) is 6.42 Å². The zero-order valence-electron chi connectivity index (χ0n) is 25.3. The number of rotatable bonds is 6. The Morgan fingerprint density at radius 1 is 0.378 bits per heavy atom. The second-order valence-electron chi connectivity index (χ2n) is 11.9. The first-order valence-corrected chi connectivity index (χ1v) is 15.6. The van der Waals surface area contributed by atoms with Gasteiger partial charge < -0.3 is 4.90 Å². The molecule has 0 N–H and O–H groups in total. The Morgan fingerprint density at radius 2 is 0.867 bits per heavy atom. The Morgan fingerprint density at radius 3 is 1.58 bits per heavy atom. The van der Waals surface area contributed by atoms with Gasteiger partial charge in [-0.3, -0.25) is 0 Å². The number of nitrogens with zero attached hydrogens (tertiary/aromatic N) is 1. The highest BCUT2D eigenvalue weighted by Crippen LogP contribution is 2.42. The number of benzene rings is 7. The molecule has 0 aromatic heterocycles. The summed E-state index contributed by atoms with van der Waals surface area (Å²) in [6.45, 7) is 2.13. The Kier molecular flexibility index (Phi) is 6.85. The fraction of sp³-hybridized carbons (Fsp3) is 0.0455. The third-order valence-electron chi connectivity index (χ3n) is 9.01. The van der Waals surface area contributed by atoms with E-state index in [0.717, 1.165) is 23.5 Å². The van der Waals surface area contributed by atoms with E-state index >= 15 is 0 Å². The number of fused-ring (bicyclic) bond motifs is 3. The van der Waals surface area contributed by atoms with Gasteiger partial charge in [0.2, 0.25) is 0 Å². The fourth-order valence-electron chi connectivity index (χ4n) is 6.67. The summed E-state index contributed by atoms with van der Waals surface area (Å²) in [6, 6.07) is 61.7. The van der Waals surface area contributed by atoms with Crippen molar-refractivity contribution in [2.45, 2.75) is 13.3 Å². The third kappa shape index (κ3) is 5.13. The average molecular weight is 576 g/mol. The van der Waals surface area contributed by atoms with Gasteiger partial charge in [-0.05, 0) is 111 Å². The zero-order chi connectivity index (χ0) is 30.2. The van der Waals surface area contributed by atoms with Crippen molar-refractivity contribution in [2.75, 3.05) is 4.90 Å². The third-order valence-corrected chi connectivity index (χ3v) is 9.01. The van der Waals surface area contributed by atoms with Crippen LogP contribution in [0.1, 0.15) is 16.7 Å². The van der Waals surface area contributed by atoms with Crippen LogP contribution in [0.25, 0.3) is 44.5 Å². The molecule has 214 valence electrons. The molecule has 1 aliphatic carbocycles. The van der Waals surface area contributed by atoms with E-state index in [1.165, 1.54) is 61.2 Å². The average Bonchev–Trinajstić information content (AvgIpc) is 3.49. The summed E-state index contributed by atoms with van der Waals surface area (Å²) in [7, 11) is 0. The van der Waals surface area contributed by atoms with Crippen molar-refractivity contribution in [3.63, 3.8) is 0 Å². The Balaban J connectivity index is 1.13. The van der Waals surface area contributed by atoms with E-state index in [1.54, 1.807) is 0 Å². The molecule has 1 aliphatic rings. The van der Waals surface area contributed by atoms with Crippen molar-refractivity contribution in [1.82, 2.24) is 0 Å². The molecule has 1 heteroatoms. The molecular formula is C44H33N. The monoisotopic (exact) mass is 575 g/mol. The summed E-state index contributed by atoms with van der Waals surface area (Å²) in [5.74, 6) is 0. The number of hydrogen-bond acceptors (Lipinski definition) is 1. The van der Waals surface area contributed by atoms with Crippen molar-refractivity contribution in [2.24, 2.45) is 0 Å². The van der Waals surface area contributed by atoms with Gasteiger partial charge in [0.1, 0.15) is 0 Å². The van der Waals surface area contributed by atoms with Crippen LogP contribution in [0.15, 0.2) is 170 Å². The van der Waals surface area contributed by atoms with Crippen molar-refractivity contribution in [3.05, 3.63) is 187 Å². The standard InChI is InChI=1S/C44H33N/c1-31-17-23-38(24-18-31)45(39-25-19-33(20-26-39)32-9-3-2-4-10-32)40-27-21-34(22-28-40)35-12-7-13-36(29-35)42-15-8-16-43-41-14-6-5-11-37(41)30-44(42)43/h2-29H,30H2,1H3. The largest absolute Gasteiger partial charge is 0.311 e. The maximum atomic E-state index is 2.34. The van der Waals surface area contributed by atoms with E-state index in [4.69, 9.17) is 0 Å². The van der Waals surface area contributed by atoms with Gasteiger partial charge in [-0.15, -0.1) is 0 Å². The van der Waals surface area contributed by atoms with Crippen molar-refractivity contribution >= 4 is 17.1 Å². The van der Waals surface area contributed by atoms with E-state index in [9.17, 15) is 0 Å². The van der Waals surface area contributed by atoms with Crippen molar-refractivity contribution in [3.8, 4) is 44.5 Å². The summed E-state index contributed by atoms with van der Waals surface area (Å²) in [5, 5.41) is 0. The Bertz CT molecular complexity index is 2110. The van der Waals surface area contributed by atoms with Crippen LogP contribution in [-0.4, -0.2) is 0 Å². The van der Waals surface area contributed by atoms with E-state index in [-0.39, 0.29) is 0 Å². The van der Waals surface area contributed by atoms with Gasteiger partial charge in [0.15, 0.2) is 0 Å². The molecule has 7 aromatic carbocycles. The molecule has 0 fully saturated rings. The second kappa shape index (κ2) is 11.4. The normalized spacial score (nSPS) is 11.6. The molecule has 0 atom stereocenters. The molecule has 0 heterocycles. The number of anilines is 3. The number of aryl methyl sites for hydroxylation is 1. The maximum Gasteiger partial charge on any atom is 0.0462 e. The highest BCUT2D eigenvalue weighted by atomic mass is 15.1. The molecule has 7 aromatic rings. The van der Waals surface area contributed by atoms with Gasteiger partial charge in [0.25, 0.3) is 0 Å². The highest BCUT2D eigenvalue weighted by molar-refractivity contribution is 5.86. The molecule has 0 bridgehead atoms. The van der Waals surface area contributed by atoms with Gasteiger partial charge >= 0.3 is 0 Å². The van der Waals surface area contributed by atoms with Crippen LogP contribution in [0.4, 0.5) is 17.1 Å². The van der Waals surface area contributed by atoms with Crippen LogP contribution in [0, 0.1) is 6.92 Å². The Labute approximate surface area is 265 Å². The minimum atomic E-state index is 0.988. The minimum absolute atomic E-state index is 0.988. The second-order valence-corrected chi connectivity index (χ2v) is 11.9. The molecule has 0 amide bonds. The first-order chi connectivity index (χ1) is 22.2. The predicted molar refractivity (Wildman–Crippen MR) is 190 cm³/mol. The topological polar surface area (TPSA) is 3.24 Å². The first kappa shape index (κ1) is 26.9. The molecule has 0 aliphatic heterocycles. The van der Waals surface area contributed by atoms with E-state index in [2.05, 4.69) is 182 Å². The SMILES string of the molecule is Cc1ccc(N(c2ccc(-c3ccccc3)cc2)c2ccc(-c3cccc(-c4cccc5c4Cc4ccccc4-5)c3)cc2)cc1. The lowest BCUT2D eigenvalue weighted by Crippen LogP contribution is -2.09.